The summed E-state index contributed by atoms with van der Waals surface area (Å²) >= 11 is 0. The Hall–Kier alpha value is -4.88. The smallest absolute Gasteiger partial charge is 0.0543 e. The predicted molar refractivity (Wildman–Crippen MR) is 217 cm³/mol. The van der Waals surface area contributed by atoms with Gasteiger partial charge in [0.05, 0.1) is 5.69 Å². The fourth-order valence-corrected chi connectivity index (χ4v) is 9.49. The number of nitrogens with zero attached hydrogens (tertiary/aromatic N) is 1. The number of hydrogen-bond acceptors (Lipinski definition) is 1. The van der Waals surface area contributed by atoms with Crippen molar-refractivity contribution in [3.8, 4) is 33.4 Å². The normalized spacial score (nSPS) is 15.5. The van der Waals surface area contributed by atoms with E-state index in [2.05, 4.69) is 154 Å². The van der Waals surface area contributed by atoms with Gasteiger partial charge in [-0.1, -0.05) is 113 Å². The highest BCUT2D eigenvalue weighted by atomic mass is 15.1. The molecular weight excluding hydrogens is 615 g/mol. The zero-order chi connectivity index (χ0) is 34.7. The molecule has 0 bridgehead atoms. The SMILES string of the molecule is CC(C)c1ccc2c(c1-c1cc3c(cc1N(c1ccc(-c4ccccc4)cc1)c1ccc4c(c1)CCCC4)C(C)(C)c1ccccc1-3)CCCC2. The van der Waals surface area contributed by atoms with Crippen molar-refractivity contribution in [1.82, 2.24) is 0 Å². The Balaban J connectivity index is 1.35. The van der Waals surface area contributed by atoms with Crippen LogP contribution in [-0.4, -0.2) is 0 Å². The van der Waals surface area contributed by atoms with Gasteiger partial charge in [0.1, 0.15) is 0 Å². The molecule has 0 saturated heterocycles. The molecule has 0 heterocycles. The maximum atomic E-state index is 2.60. The van der Waals surface area contributed by atoms with Crippen molar-refractivity contribution in [2.45, 2.75) is 90.4 Å². The minimum Gasteiger partial charge on any atom is -0.310 e. The van der Waals surface area contributed by atoms with Crippen molar-refractivity contribution in [2.75, 3.05) is 4.90 Å². The van der Waals surface area contributed by atoms with Gasteiger partial charge >= 0.3 is 0 Å². The van der Waals surface area contributed by atoms with Gasteiger partial charge in [-0.05, 0) is 160 Å². The molecule has 51 heavy (non-hydrogen) atoms. The van der Waals surface area contributed by atoms with E-state index in [1.165, 1.54) is 117 Å². The lowest BCUT2D eigenvalue weighted by Crippen LogP contribution is -2.18. The van der Waals surface area contributed by atoms with Gasteiger partial charge in [-0.25, -0.2) is 0 Å². The summed E-state index contributed by atoms with van der Waals surface area (Å²) in [6.07, 6.45) is 9.76. The predicted octanol–water partition coefficient (Wildman–Crippen LogP) is 13.7. The van der Waals surface area contributed by atoms with Gasteiger partial charge in [-0.3, -0.25) is 0 Å². The molecule has 0 aliphatic heterocycles. The second kappa shape index (κ2) is 12.7. The molecular formula is C50H49N. The van der Waals surface area contributed by atoms with E-state index in [9.17, 15) is 0 Å². The van der Waals surface area contributed by atoms with E-state index in [0.717, 1.165) is 12.8 Å². The summed E-state index contributed by atoms with van der Waals surface area (Å²) < 4.78 is 0. The van der Waals surface area contributed by atoms with E-state index in [4.69, 9.17) is 0 Å². The number of aryl methyl sites for hydroxylation is 3. The standard InChI is InChI=1S/C50H49N/c1-33(2)41-29-25-37-17-10-11-19-42(37)49(41)45-31-44-43-20-12-13-21-46(43)50(3,4)47(44)32-48(45)51(40-28-24-35-16-8-9-18-38(35)30-40)39-26-22-36(23-27-39)34-14-6-5-7-15-34/h5-7,12-15,20-33H,8-11,16-19H2,1-4H3. The molecule has 0 N–H and O–H groups in total. The van der Waals surface area contributed by atoms with Crippen LogP contribution in [0.2, 0.25) is 0 Å². The maximum Gasteiger partial charge on any atom is 0.0543 e. The number of fused-ring (bicyclic) bond motifs is 5. The van der Waals surface area contributed by atoms with E-state index >= 15 is 0 Å². The summed E-state index contributed by atoms with van der Waals surface area (Å²) in [5.41, 5.74) is 22.2. The number of anilines is 3. The van der Waals surface area contributed by atoms with Crippen molar-refractivity contribution in [2.24, 2.45) is 0 Å². The minimum atomic E-state index is -0.102. The van der Waals surface area contributed by atoms with Crippen LogP contribution in [0, 0.1) is 0 Å². The lowest BCUT2D eigenvalue weighted by molar-refractivity contribution is 0.660. The van der Waals surface area contributed by atoms with Crippen LogP contribution in [0.5, 0.6) is 0 Å². The molecule has 1 heteroatoms. The maximum absolute atomic E-state index is 2.60. The topological polar surface area (TPSA) is 3.24 Å². The van der Waals surface area contributed by atoms with Crippen molar-refractivity contribution >= 4 is 17.1 Å². The van der Waals surface area contributed by atoms with Gasteiger partial charge in [0.2, 0.25) is 0 Å². The highest BCUT2D eigenvalue weighted by Crippen LogP contribution is 2.55. The van der Waals surface area contributed by atoms with Gasteiger partial charge in [0.25, 0.3) is 0 Å². The number of hydrogen-bond donors (Lipinski definition) is 0. The molecule has 0 unspecified atom stereocenters. The molecule has 0 amide bonds. The fraction of sp³-hybridized carbons (Fsp3) is 0.280. The van der Waals surface area contributed by atoms with Crippen molar-refractivity contribution in [3.63, 3.8) is 0 Å². The average Bonchev–Trinajstić information content (AvgIpc) is 3.40. The molecule has 6 aromatic carbocycles. The molecule has 6 aromatic rings. The molecule has 0 spiro atoms. The molecule has 0 aromatic heterocycles. The van der Waals surface area contributed by atoms with Gasteiger partial charge in [0.15, 0.2) is 0 Å². The zero-order valence-electron chi connectivity index (χ0n) is 30.7. The molecule has 3 aliphatic carbocycles. The molecule has 3 aliphatic rings. The van der Waals surface area contributed by atoms with Crippen LogP contribution in [0.3, 0.4) is 0 Å². The summed E-state index contributed by atoms with van der Waals surface area (Å²) in [6, 6.07) is 46.6. The Kier molecular flexibility index (Phi) is 7.99. The molecule has 0 atom stereocenters. The Morgan fingerprint density at radius 1 is 0.510 bits per heavy atom. The first-order valence-corrected chi connectivity index (χ1v) is 19.4. The number of benzene rings is 6. The van der Waals surface area contributed by atoms with Crippen LogP contribution in [0.1, 0.15) is 98.2 Å². The quantitative estimate of drug-likeness (QED) is 0.171. The van der Waals surface area contributed by atoms with Crippen LogP contribution < -0.4 is 4.90 Å². The molecule has 0 radical (unpaired) electrons. The van der Waals surface area contributed by atoms with Crippen molar-refractivity contribution in [3.05, 3.63) is 160 Å². The summed E-state index contributed by atoms with van der Waals surface area (Å²) in [6.45, 7) is 9.60. The Morgan fingerprint density at radius 2 is 1.16 bits per heavy atom. The molecule has 1 nitrogen and oxygen atoms in total. The molecule has 254 valence electrons. The molecule has 0 fully saturated rings. The third-order valence-electron chi connectivity index (χ3n) is 12.2. The van der Waals surface area contributed by atoms with Crippen LogP contribution >= 0.6 is 0 Å². The van der Waals surface area contributed by atoms with Crippen LogP contribution in [0.15, 0.2) is 121 Å². The first-order valence-electron chi connectivity index (χ1n) is 19.4. The van der Waals surface area contributed by atoms with Crippen LogP contribution in [0.25, 0.3) is 33.4 Å². The minimum absolute atomic E-state index is 0.102. The van der Waals surface area contributed by atoms with Crippen molar-refractivity contribution < 1.29 is 0 Å². The van der Waals surface area contributed by atoms with E-state index in [0.29, 0.717) is 5.92 Å². The largest absolute Gasteiger partial charge is 0.310 e. The van der Waals surface area contributed by atoms with Gasteiger partial charge in [-0.15, -0.1) is 0 Å². The van der Waals surface area contributed by atoms with E-state index in [1.807, 2.05) is 0 Å². The summed E-state index contributed by atoms with van der Waals surface area (Å²) in [7, 11) is 0. The Morgan fingerprint density at radius 3 is 1.94 bits per heavy atom. The van der Waals surface area contributed by atoms with Crippen molar-refractivity contribution in [1.29, 1.82) is 0 Å². The summed E-state index contributed by atoms with van der Waals surface area (Å²) in [5.74, 6) is 0.416. The second-order valence-electron chi connectivity index (χ2n) is 16.0. The number of rotatable bonds is 6. The Labute approximate surface area is 305 Å². The van der Waals surface area contributed by atoms with Gasteiger partial charge in [-0.2, -0.15) is 0 Å². The van der Waals surface area contributed by atoms with Crippen LogP contribution in [-0.2, 0) is 31.1 Å². The molecule has 9 rings (SSSR count). The Bertz CT molecular complexity index is 2250. The lowest BCUT2D eigenvalue weighted by atomic mass is 9.78. The fourth-order valence-electron chi connectivity index (χ4n) is 9.49. The first kappa shape index (κ1) is 32.1. The average molecular weight is 664 g/mol. The summed E-state index contributed by atoms with van der Waals surface area (Å²) in [4.78, 5) is 2.60. The second-order valence-corrected chi connectivity index (χ2v) is 16.0. The van der Waals surface area contributed by atoms with Crippen LogP contribution in [0.4, 0.5) is 17.1 Å². The third-order valence-corrected chi connectivity index (χ3v) is 12.2. The van der Waals surface area contributed by atoms with E-state index < -0.39 is 0 Å². The zero-order valence-corrected chi connectivity index (χ0v) is 30.7. The van der Waals surface area contributed by atoms with Gasteiger partial charge < -0.3 is 4.90 Å². The summed E-state index contributed by atoms with van der Waals surface area (Å²) in [5, 5.41) is 0. The van der Waals surface area contributed by atoms with E-state index in [-0.39, 0.29) is 5.41 Å². The van der Waals surface area contributed by atoms with Gasteiger partial charge in [0, 0.05) is 22.4 Å². The molecule has 0 saturated carbocycles. The van der Waals surface area contributed by atoms with E-state index in [1.54, 1.807) is 11.1 Å². The first-order chi connectivity index (χ1) is 24.9. The monoisotopic (exact) mass is 663 g/mol. The highest BCUT2D eigenvalue weighted by molar-refractivity contribution is 5.96. The third kappa shape index (κ3) is 5.45. The highest BCUT2D eigenvalue weighted by Gasteiger charge is 2.37. The lowest BCUT2D eigenvalue weighted by Gasteiger charge is -2.33.